The summed E-state index contributed by atoms with van der Waals surface area (Å²) in [6.45, 7) is 2.15. The second-order valence-corrected chi connectivity index (χ2v) is 6.26. The predicted octanol–water partition coefficient (Wildman–Crippen LogP) is 4.04. The Hall–Kier alpha value is -2.30. The third-order valence-corrected chi connectivity index (χ3v) is 4.37. The largest absolute Gasteiger partial charge is 0.410 e. The summed E-state index contributed by atoms with van der Waals surface area (Å²) in [4.78, 5) is 18.6. The quantitative estimate of drug-likeness (QED) is 0.677. The highest BCUT2D eigenvalue weighted by Crippen LogP contribution is 2.32. The van der Waals surface area contributed by atoms with E-state index in [0.29, 0.717) is 28.1 Å². The van der Waals surface area contributed by atoms with E-state index < -0.39 is 0 Å². The fourth-order valence-corrected chi connectivity index (χ4v) is 3.08. The van der Waals surface area contributed by atoms with Gasteiger partial charge in [0.2, 0.25) is 0 Å². The number of nitrogens with zero attached hydrogens (tertiary/aromatic N) is 1. The first-order valence-electron chi connectivity index (χ1n) is 8.34. The van der Waals surface area contributed by atoms with Crippen LogP contribution >= 0.6 is 11.6 Å². The number of benzene rings is 2. The van der Waals surface area contributed by atoms with E-state index in [4.69, 9.17) is 16.4 Å². The lowest BCUT2D eigenvalue weighted by Crippen LogP contribution is -2.31. The zero-order chi connectivity index (χ0) is 17.8. The van der Waals surface area contributed by atoms with Gasteiger partial charge in [0.1, 0.15) is 6.61 Å². The summed E-state index contributed by atoms with van der Waals surface area (Å²) in [7, 11) is 0. The second-order valence-electron chi connectivity index (χ2n) is 5.82. The van der Waals surface area contributed by atoms with E-state index in [0.717, 1.165) is 24.0 Å². The molecule has 0 unspecified atom stereocenters. The average molecular weight is 358 g/mol. The molecule has 0 fully saturated rings. The molecule has 0 aliphatic carbocycles. The van der Waals surface area contributed by atoms with Crippen molar-refractivity contribution in [2.24, 2.45) is 0 Å². The normalized spacial score (nSPS) is 11.0. The van der Waals surface area contributed by atoms with Crippen LogP contribution in [0.4, 0.5) is 0 Å². The van der Waals surface area contributed by atoms with Gasteiger partial charge >= 0.3 is 0 Å². The molecule has 0 saturated carbocycles. The monoisotopic (exact) mass is 357 g/mol. The summed E-state index contributed by atoms with van der Waals surface area (Å²) in [5.41, 5.74) is 1.80. The van der Waals surface area contributed by atoms with Gasteiger partial charge in [0.25, 0.3) is 5.56 Å². The molecule has 1 N–H and O–H groups in total. The van der Waals surface area contributed by atoms with Crippen molar-refractivity contribution < 1.29 is 9.94 Å². The molecule has 3 rings (SSSR count). The lowest BCUT2D eigenvalue weighted by molar-refractivity contribution is 0.0841. The predicted molar refractivity (Wildman–Crippen MR) is 101 cm³/mol. The minimum absolute atomic E-state index is 0.286. The Labute approximate surface area is 151 Å². The van der Waals surface area contributed by atoms with Gasteiger partial charge in [0.15, 0.2) is 0 Å². The molecular weight excluding hydrogens is 338 g/mol. The average Bonchev–Trinajstić information content (AvgIpc) is 2.63. The van der Waals surface area contributed by atoms with Gasteiger partial charge < -0.3 is 9.94 Å². The number of halogens is 1. The fourth-order valence-electron chi connectivity index (χ4n) is 2.91. The van der Waals surface area contributed by atoms with Crippen LogP contribution in [0.5, 0.6) is 0 Å². The van der Waals surface area contributed by atoms with Gasteiger partial charge in [-0.15, -0.1) is 4.73 Å². The summed E-state index contributed by atoms with van der Waals surface area (Å²) in [6.07, 6.45) is 1.79. The van der Waals surface area contributed by atoms with Crippen molar-refractivity contribution in [2.75, 3.05) is 6.61 Å². The fraction of sp³-hybridized carbons (Fsp3) is 0.250. The Morgan fingerprint density at radius 3 is 2.56 bits per heavy atom. The number of aromatic nitrogens is 1. The van der Waals surface area contributed by atoms with Crippen LogP contribution in [-0.2, 0) is 6.61 Å². The smallest absolute Gasteiger partial charge is 0.291 e. The van der Waals surface area contributed by atoms with E-state index >= 15 is 0 Å². The summed E-state index contributed by atoms with van der Waals surface area (Å²) in [5, 5.41) is 11.8. The molecule has 5 heteroatoms. The number of aliphatic hydroxyl groups excluding tert-OH is 1. The summed E-state index contributed by atoms with van der Waals surface area (Å²) >= 11 is 6.17. The highest BCUT2D eigenvalue weighted by atomic mass is 35.5. The molecule has 130 valence electrons. The number of unbranched alkanes of at least 4 members (excludes halogenated alkanes) is 1. The third kappa shape index (κ3) is 3.41. The number of hydrogen-bond acceptors (Lipinski definition) is 3. The minimum Gasteiger partial charge on any atom is -0.410 e. The SMILES string of the molecule is CCCCOn1c(CO)c(-c2ccccc2)c2cc(Cl)ccc2c1=O. The second kappa shape index (κ2) is 7.72. The zero-order valence-electron chi connectivity index (χ0n) is 14.0. The zero-order valence-corrected chi connectivity index (χ0v) is 14.8. The molecule has 0 amide bonds. The number of rotatable bonds is 6. The van der Waals surface area contributed by atoms with Crippen LogP contribution in [0.15, 0.2) is 53.3 Å². The van der Waals surface area contributed by atoms with Crippen molar-refractivity contribution >= 4 is 22.4 Å². The van der Waals surface area contributed by atoms with Crippen LogP contribution in [0.3, 0.4) is 0 Å². The van der Waals surface area contributed by atoms with Gasteiger partial charge in [-0.25, -0.2) is 0 Å². The first-order chi connectivity index (χ1) is 12.2. The van der Waals surface area contributed by atoms with E-state index in [-0.39, 0.29) is 12.2 Å². The molecule has 3 aromatic rings. The van der Waals surface area contributed by atoms with Crippen LogP contribution in [0.1, 0.15) is 25.5 Å². The van der Waals surface area contributed by atoms with E-state index in [1.54, 1.807) is 18.2 Å². The van der Waals surface area contributed by atoms with Crippen LogP contribution in [0.2, 0.25) is 5.02 Å². The Morgan fingerprint density at radius 1 is 1.12 bits per heavy atom. The first kappa shape index (κ1) is 17.5. The summed E-state index contributed by atoms with van der Waals surface area (Å²) < 4.78 is 1.23. The van der Waals surface area contributed by atoms with Crippen LogP contribution in [0.25, 0.3) is 21.9 Å². The topological polar surface area (TPSA) is 51.5 Å². The molecule has 0 bridgehead atoms. The summed E-state index contributed by atoms with van der Waals surface area (Å²) in [6, 6.07) is 14.8. The minimum atomic E-state index is -0.311. The molecule has 0 saturated heterocycles. The molecule has 0 radical (unpaired) electrons. The highest BCUT2D eigenvalue weighted by Gasteiger charge is 2.19. The highest BCUT2D eigenvalue weighted by molar-refractivity contribution is 6.31. The molecule has 0 spiro atoms. The molecule has 4 nitrogen and oxygen atoms in total. The van der Waals surface area contributed by atoms with Crippen molar-refractivity contribution in [2.45, 2.75) is 26.4 Å². The van der Waals surface area contributed by atoms with Crippen LogP contribution in [-0.4, -0.2) is 16.4 Å². The van der Waals surface area contributed by atoms with Gasteiger partial charge in [-0.05, 0) is 35.6 Å². The standard InChI is InChI=1S/C20H20ClNO3/c1-2-3-11-25-22-18(13-23)19(14-7-5-4-6-8-14)17-12-15(21)9-10-16(17)20(22)24/h4-10,12,23H,2-3,11,13H2,1H3. The van der Waals surface area contributed by atoms with Gasteiger partial charge in [0.05, 0.1) is 17.7 Å². The van der Waals surface area contributed by atoms with Gasteiger partial charge in [0, 0.05) is 10.6 Å². The van der Waals surface area contributed by atoms with Gasteiger partial charge in [-0.2, -0.15) is 0 Å². The summed E-state index contributed by atoms with van der Waals surface area (Å²) in [5.74, 6) is 0. The van der Waals surface area contributed by atoms with Gasteiger partial charge in [-0.1, -0.05) is 55.3 Å². The van der Waals surface area contributed by atoms with Crippen LogP contribution < -0.4 is 10.4 Å². The Bertz CT molecular complexity index is 935. The van der Waals surface area contributed by atoms with Crippen LogP contribution in [0, 0.1) is 0 Å². The maximum atomic E-state index is 12.9. The van der Waals surface area contributed by atoms with Gasteiger partial charge in [-0.3, -0.25) is 4.79 Å². The third-order valence-electron chi connectivity index (χ3n) is 4.13. The van der Waals surface area contributed by atoms with Crippen molar-refractivity contribution in [3.05, 3.63) is 69.6 Å². The number of hydrogen-bond donors (Lipinski definition) is 1. The van der Waals surface area contributed by atoms with E-state index in [1.165, 1.54) is 4.73 Å². The van der Waals surface area contributed by atoms with E-state index in [1.807, 2.05) is 30.3 Å². The molecular formula is C20H20ClNO3. The van der Waals surface area contributed by atoms with Crippen molar-refractivity contribution in [3.63, 3.8) is 0 Å². The lowest BCUT2D eigenvalue weighted by Gasteiger charge is -2.19. The Kier molecular flexibility index (Phi) is 5.41. The molecule has 0 aliphatic rings. The Morgan fingerprint density at radius 2 is 1.88 bits per heavy atom. The molecule has 1 heterocycles. The molecule has 1 aromatic heterocycles. The maximum absolute atomic E-state index is 12.9. The number of pyridine rings is 1. The molecule has 25 heavy (non-hydrogen) atoms. The van der Waals surface area contributed by atoms with E-state index in [9.17, 15) is 9.90 Å². The lowest BCUT2D eigenvalue weighted by atomic mass is 9.97. The number of aliphatic hydroxyl groups is 1. The molecule has 0 atom stereocenters. The first-order valence-corrected chi connectivity index (χ1v) is 8.72. The van der Waals surface area contributed by atoms with Crippen molar-refractivity contribution in [3.8, 4) is 11.1 Å². The molecule has 2 aromatic carbocycles. The maximum Gasteiger partial charge on any atom is 0.291 e. The number of fused-ring (bicyclic) bond motifs is 1. The molecule has 0 aliphatic heterocycles. The van der Waals surface area contributed by atoms with Crippen molar-refractivity contribution in [1.29, 1.82) is 0 Å². The Balaban J connectivity index is 2.35. The van der Waals surface area contributed by atoms with E-state index in [2.05, 4.69) is 6.92 Å². The van der Waals surface area contributed by atoms with Crippen molar-refractivity contribution in [1.82, 2.24) is 4.73 Å².